The lowest BCUT2D eigenvalue weighted by Crippen LogP contribution is -2.43. The second-order valence-electron chi connectivity index (χ2n) is 5.29. The van der Waals surface area contributed by atoms with Gasteiger partial charge in [0, 0.05) is 12.1 Å². The first-order chi connectivity index (χ1) is 8.40. The van der Waals surface area contributed by atoms with Crippen molar-refractivity contribution in [3.63, 3.8) is 0 Å². The lowest BCUT2D eigenvalue weighted by molar-refractivity contribution is 0.405. The highest BCUT2D eigenvalue weighted by atomic mass is 19.1. The zero-order valence-corrected chi connectivity index (χ0v) is 11.1. The van der Waals surface area contributed by atoms with Gasteiger partial charge in [0.15, 0.2) is 0 Å². The summed E-state index contributed by atoms with van der Waals surface area (Å²) >= 11 is 0. The monoisotopic (exact) mass is 249 g/mol. The first-order valence-corrected chi connectivity index (χ1v) is 6.08. The second-order valence-corrected chi connectivity index (χ2v) is 5.29. The Labute approximate surface area is 108 Å². The van der Waals surface area contributed by atoms with Crippen molar-refractivity contribution in [2.45, 2.75) is 32.7 Å². The van der Waals surface area contributed by atoms with Crippen molar-refractivity contribution >= 4 is 5.69 Å². The SMILES string of the molecule is CC(C)CC(C)(CN)Nc1ccc(C#N)cc1F. The third-order valence-electron chi connectivity index (χ3n) is 2.84. The van der Waals surface area contributed by atoms with Crippen LogP contribution in [0.3, 0.4) is 0 Å². The van der Waals surface area contributed by atoms with E-state index in [0.29, 0.717) is 23.7 Å². The maximum absolute atomic E-state index is 13.8. The molecule has 4 heteroatoms. The maximum Gasteiger partial charge on any atom is 0.147 e. The number of hydrogen-bond donors (Lipinski definition) is 2. The van der Waals surface area contributed by atoms with E-state index in [2.05, 4.69) is 19.2 Å². The minimum Gasteiger partial charge on any atom is -0.376 e. The Morgan fingerprint density at radius 1 is 1.50 bits per heavy atom. The molecule has 3 nitrogen and oxygen atoms in total. The third kappa shape index (κ3) is 3.71. The fraction of sp³-hybridized carbons (Fsp3) is 0.500. The number of anilines is 1. The Bertz CT molecular complexity index is 451. The summed E-state index contributed by atoms with van der Waals surface area (Å²) in [5.41, 5.74) is 6.14. The van der Waals surface area contributed by atoms with Crippen LogP contribution in [-0.2, 0) is 0 Å². The molecule has 0 aliphatic carbocycles. The fourth-order valence-electron chi connectivity index (χ4n) is 2.10. The molecule has 0 heterocycles. The van der Waals surface area contributed by atoms with Gasteiger partial charge in [-0.15, -0.1) is 0 Å². The van der Waals surface area contributed by atoms with Crippen LogP contribution in [0.4, 0.5) is 10.1 Å². The number of nitrogens with two attached hydrogens (primary N) is 1. The summed E-state index contributed by atoms with van der Waals surface area (Å²) in [6, 6.07) is 6.32. The number of benzene rings is 1. The maximum atomic E-state index is 13.8. The zero-order valence-electron chi connectivity index (χ0n) is 11.1. The predicted molar refractivity (Wildman–Crippen MR) is 71.7 cm³/mol. The van der Waals surface area contributed by atoms with E-state index in [0.717, 1.165) is 6.42 Å². The Balaban J connectivity index is 2.92. The molecule has 0 fully saturated rings. The quantitative estimate of drug-likeness (QED) is 0.843. The number of nitrogens with zero attached hydrogens (tertiary/aromatic N) is 1. The molecule has 0 spiro atoms. The van der Waals surface area contributed by atoms with Gasteiger partial charge in [-0.05, 0) is 37.5 Å². The first kappa shape index (κ1) is 14.5. The molecule has 1 unspecified atom stereocenters. The molecule has 1 atom stereocenters. The van der Waals surface area contributed by atoms with Gasteiger partial charge in [0.05, 0.1) is 17.3 Å². The molecule has 0 amide bonds. The van der Waals surface area contributed by atoms with E-state index in [1.807, 2.05) is 13.0 Å². The summed E-state index contributed by atoms with van der Waals surface area (Å²) in [4.78, 5) is 0. The van der Waals surface area contributed by atoms with Crippen molar-refractivity contribution in [2.24, 2.45) is 11.7 Å². The summed E-state index contributed by atoms with van der Waals surface area (Å²) in [5, 5.41) is 11.8. The van der Waals surface area contributed by atoms with Crippen LogP contribution in [0.2, 0.25) is 0 Å². The largest absolute Gasteiger partial charge is 0.376 e. The average Bonchev–Trinajstić information content (AvgIpc) is 2.31. The Hall–Kier alpha value is -1.60. The molecule has 0 bridgehead atoms. The molecular weight excluding hydrogens is 229 g/mol. The summed E-state index contributed by atoms with van der Waals surface area (Å²) in [6.45, 7) is 6.60. The smallest absolute Gasteiger partial charge is 0.147 e. The highest BCUT2D eigenvalue weighted by molar-refractivity contribution is 5.50. The van der Waals surface area contributed by atoms with Crippen LogP contribution in [0.25, 0.3) is 0 Å². The van der Waals surface area contributed by atoms with Crippen molar-refractivity contribution < 1.29 is 4.39 Å². The van der Waals surface area contributed by atoms with Crippen LogP contribution < -0.4 is 11.1 Å². The number of halogens is 1. The predicted octanol–water partition coefficient (Wildman–Crippen LogP) is 2.87. The average molecular weight is 249 g/mol. The van der Waals surface area contributed by atoms with Crippen LogP contribution in [0, 0.1) is 23.1 Å². The second kappa shape index (κ2) is 5.83. The summed E-state index contributed by atoms with van der Waals surface area (Å²) in [6.07, 6.45) is 0.850. The molecule has 18 heavy (non-hydrogen) atoms. The molecule has 3 N–H and O–H groups in total. The lowest BCUT2D eigenvalue weighted by atomic mass is 9.90. The van der Waals surface area contributed by atoms with Gasteiger partial charge in [-0.3, -0.25) is 0 Å². The molecule has 0 saturated carbocycles. The van der Waals surface area contributed by atoms with Crippen molar-refractivity contribution in [2.75, 3.05) is 11.9 Å². The standard InChI is InChI=1S/C14H20FN3/c1-10(2)7-14(3,9-17)18-13-5-4-11(8-16)6-12(13)15/h4-6,10,18H,7,9,17H2,1-3H3. The van der Waals surface area contributed by atoms with Crippen LogP contribution in [0.5, 0.6) is 0 Å². The molecule has 0 aliphatic heterocycles. The summed E-state index contributed by atoms with van der Waals surface area (Å²) < 4.78 is 13.8. The van der Waals surface area contributed by atoms with E-state index in [-0.39, 0.29) is 5.54 Å². The van der Waals surface area contributed by atoms with Crippen LogP contribution in [0.15, 0.2) is 18.2 Å². The summed E-state index contributed by atoms with van der Waals surface area (Å²) in [5.74, 6) is 0.0463. The van der Waals surface area contributed by atoms with Crippen molar-refractivity contribution in [1.29, 1.82) is 5.26 Å². The molecule has 0 radical (unpaired) electrons. The molecule has 1 aromatic carbocycles. The number of hydrogen-bond acceptors (Lipinski definition) is 3. The van der Waals surface area contributed by atoms with E-state index in [1.165, 1.54) is 6.07 Å². The topological polar surface area (TPSA) is 61.8 Å². The van der Waals surface area contributed by atoms with Gasteiger partial charge >= 0.3 is 0 Å². The van der Waals surface area contributed by atoms with Crippen molar-refractivity contribution in [3.8, 4) is 6.07 Å². The Morgan fingerprint density at radius 2 is 2.17 bits per heavy atom. The minimum absolute atomic E-state index is 0.316. The molecular formula is C14H20FN3. The first-order valence-electron chi connectivity index (χ1n) is 6.08. The molecule has 1 rings (SSSR count). The zero-order chi connectivity index (χ0) is 13.8. The Kier molecular flexibility index (Phi) is 4.69. The minimum atomic E-state index is -0.419. The molecule has 0 aliphatic rings. The van der Waals surface area contributed by atoms with Gasteiger partial charge in [-0.2, -0.15) is 5.26 Å². The fourth-order valence-corrected chi connectivity index (χ4v) is 2.10. The lowest BCUT2D eigenvalue weighted by Gasteiger charge is -2.32. The van der Waals surface area contributed by atoms with Crippen molar-refractivity contribution in [1.82, 2.24) is 0 Å². The number of nitriles is 1. The normalized spacial score (nSPS) is 14.1. The van der Waals surface area contributed by atoms with E-state index >= 15 is 0 Å². The summed E-state index contributed by atoms with van der Waals surface area (Å²) in [7, 11) is 0. The highest BCUT2D eigenvalue weighted by Crippen LogP contribution is 2.24. The van der Waals surface area contributed by atoms with Crippen LogP contribution >= 0.6 is 0 Å². The van der Waals surface area contributed by atoms with Crippen LogP contribution in [-0.4, -0.2) is 12.1 Å². The number of nitrogens with one attached hydrogen (secondary N) is 1. The van der Waals surface area contributed by atoms with Gasteiger partial charge in [0.25, 0.3) is 0 Å². The number of rotatable bonds is 5. The van der Waals surface area contributed by atoms with Crippen LogP contribution in [0.1, 0.15) is 32.8 Å². The van der Waals surface area contributed by atoms with Gasteiger partial charge in [0.2, 0.25) is 0 Å². The van der Waals surface area contributed by atoms with Gasteiger partial charge in [0.1, 0.15) is 5.82 Å². The molecule has 0 saturated heterocycles. The van der Waals surface area contributed by atoms with E-state index < -0.39 is 5.82 Å². The van der Waals surface area contributed by atoms with E-state index in [1.54, 1.807) is 12.1 Å². The van der Waals surface area contributed by atoms with E-state index in [9.17, 15) is 4.39 Å². The highest BCUT2D eigenvalue weighted by Gasteiger charge is 2.24. The molecule has 98 valence electrons. The van der Waals surface area contributed by atoms with Gasteiger partial charge < -0.3 is 11.1 Å². The van der Waals surface area contributed by atoms with Gasteiger partial charge in [-0.25, -0.2) is 4.39 Å². The molecule has 0 aromatic heterocycles. The Morgan fingerprint density at radius 3 is 2.61 bits per heavy atom. The van der Waals surface area contributed by atoms with Gasteiger partial charge in [-0.1, -0.05) is 13.8 Å². The van der Waals surface area contributed by atoms with Crippen molar-refractivity contribution in [3.05, 3.63) is 29.6 Å². The molecule has 1 aromatic rings. The van der Waals surface area contributed by atoms with E-state index in [4.69, 9.17) is 11.0 Å². The third-order valence-corrected chi connectivity index (χ3v) is 2.84.